The van der Waals surface area contributed by atoms with E-state index in [1.165, 1.54) is 0 Å². The van der Waals surface area contributed by atoms with E-state index < -0.39 is 11.6 Å². The van der Waals surface area contributed by atoms with Crippen LogP contribution in [0.4, 0.5) is 8.78 Å². The Morgan fingerprint density at radius 2 is 1.96 bits per heavy atom. The van der Waals surface area contributed by atoms with Gasteiger partial charge < -0.3 is 0 Å². The third-order valence-corrected chi connectivity index (χ3v) is 5.91. The monoisotopic (exact) mass is 367 g/mol. The molecule has 26 heavy (non-hydrogen) atoms. The van der Waals surface area contributed by atoms with Crippen LogP contribution in [0.5, 0.6) is 0 Å². The van der Waals surface area contributed by atoms with E-state index in [1.54, 1.807) is 24.3 Å². The molecule has 0 radical (unpaired) electrons. The van der Waals surface area contributed by atoms with Crippen LogP contribution in [-0.2, 0) is 13.0 Å². The molecular weight excluding hydrogens is 352 g/mol. The zero-order valence-corrected chi connectivity index (χ0v) is 14.9. The molecule has 1 aliphatic heterocycles. The second-order valence-corrected chi connectivity index (χ2v) is 7.60. The molecule has 1 aliphatic rings. The van der Waals surface area contributed by atoms with Crippen molar-refractivity contribution >= 4 is 21.6 Å². The maximum atomic E-state index is 14.6. The predicted octanol–water partition coefficient (Wildman–Crippen LogP) is 5.36. The van der Waals surface area contributed by atoms with Gasteiger partial charge in [0.2, 0.25) is 0 Å². The van der Waals surface area contributed by atoms with E-state index >= 15 is 0 Å². The number of rotatable bonds is 2. The van der Waals surface area contributed by atoms with Crippen molar-refractivity contribution in [3.8, 4) is 21.8 Å². The number of aryl methyl sites for hydroxylation is 2. The smallest absolute Gasteiger partial charge is 0.135 e. The number of aromatic nitrogens is 3. The Hall–Kier alpha value is -2.60. The molecule has 0 aliphatic carbocycles. The van der Waals surface area contributed by atoms with E-state index in [-0.39, 0.29) is 0 Å². The van der Waals surface area contributed by atoms with Crippen molar-refractivity contribution in [1.29, 1.82) is 0 Å². The Balaban J connectivity index is 1.79. The molecule has 0 saturated carbocycles. The summed E-state index contributed by atoms with van der Waals surface area (Å²) in [6, 6.07) is 10.4. The minimum atomic E-state index is -0.591. The summed E-state index contributed by atoms with van der Waals surface area (Å²) < 4.78 is 31.3. The number of fused-ring (bicyclic) bond motifs is 2. The number of benzene rings is 2. The van der Waals surface area contributed by atoms with Crippen LogP contribution < -0.4 is 0 Å². The molecule has 0 atom stereocenters. The summed E-state index contributed by atoms with van der Waals surface area (Å²) in [7, 11) is 0. The van der Waals surface area contributed by atoms with E-state index in [4.69, 9.17) is 4.98 Å². The van der Waals surface area contributed by atoms with Crippen LogP contribution in [0.1, 0.15) is 17.7 Å². The Morgan fingerprint density at radius 3 is 2.81 bits per heavy atom. The highest BCUT2D eigenvalue weighted by molar-refractivity contribution is 7.21. The van der Waals surface area contributed by atoms with Gasteiger partial charge in [-0.15, -0.1) is 11.3 Å². The van der Waals surface area contributed by atoms with Crippen molar-refractivity contribution in [3.05, 3.63) is 59.3 Å². The van der Waals surface area contributed by atoms with Crippen molar-refractivity contribution in [1.82, 2.24) is 14.8 Å². The van der Waals surface area contributed by atoms with Gasteiger partial charge in [-0.1, -0.05) is 12.1 Å². The fourth-order valence-corrected chi connectivity index (χ4v) is 4.60. The Kier molecular flexibility index (Phi) is 3.43. The number of nitrogens with zero attached hydrogens (tertiary/aromatic N) is 3. The SMILES string of the molecule is Cc1cc(-c2nn3c(c2-c2nc4ccccc4s2)CCC3)c(F)cc1F. The third-order valence-electron chi connectivity index (χ3n) is 4.85. The summed E-state index contributed by atoms with van der Waals surface area (Å²) >= 11 is 1.58. The number of hydrogen-bond acceptors (Lipinski definition) is 3. The predicted molar refractivity (Wildman–Crippen MR) is 99.3 cm³/mol. The van der Waals surface area contributed by atoms with Crippen LogP contribution in [0.25, 0.3) is 32.0 Å². The first kappa shape index (κ1) is 15.6. The van der Waals surface area contributed by atoms with Crippen LogP contribution >= 0.6 is 11.3 Å². The molecule has 6 heteroatoms. The van der Waals surface area contributed by atoms with Crippen molar-refractivity contribution in [2.24, 2.45) is 0 Å². The van der Waals surface area contributed by atoms with E-state index in [9.17, 15) is 8.78 Å². The molecule has 4 aromatic rings. The third kappa shape index (κ3) is 2.29. The molecule has 0 N–H and O–H groups in total. The topological polar surface area (TPSA) is 30.7 Å². The molecule has 3 heterocycles. The standard InChI is InChI=1S/C20H15F2N3S/c1-11-9-12(14(22)10-13(11)21)19-18(16-6-4-8-25(16)24-19)20-23-15-5-2-3-7-17(15)26-20/h2-3,5,7,9-10H,4,6,8H2,1H3. The van der Waals surface area contributed by atoms with Gasteiger partial charge in [-0.3, -0.25) is 4.68 Å². The molecule has 0 fully saturated rings. The maximum absolute atomic E-state index is 14.6. The first-order chi connectivity index (χ1) is 12.6. The first-order valence-electron chi connectivity index (χ1n) is 8.53. The van der Waals surface area contributed by atoms with Gasteiger partial charge in [-0.25, -0.2) is 13.8 Å². The summed E-state index contributed by atoms with van der Waals surface area (Å²) in [6.07, 6.45) is 1.91. The highest BCUT2D eigenvalue weighted by atomic mass is 32.1. The highest BCUT2D eigenvalue weighted by Crippen LogP contribution is 2.41. The van der Waals surface area contributed by atoms with Crippen molar-refractivity contribution < 1.29 is 8.78 Å². The van der Waals surface area contributed by atoms with Gasteiger partial charge in [0.05, 0.1) is 15.8 Å². The van der Waals surface area contributed by atoms with Crippen molar-refractivity contribution in [3.63, 3.8) is 0 Å². The molecule has 130 valence electrons. The average Bonchev–Trinajstić information content (AvgIpc) is 3.30. The maximum Gasteiger partial charge on any atom is 0.135 e. The van der Waals surface area contributed by atoms with Crippen LogP contribution in [0.3, 0.4) is 0 Å². The van der Waals surface area contributed by atoms with Gasteiger partial charge in [0.1, 0.15) is 22.3 Å². The van der Waals surface area contributed by atoms with Crippen molar-refractivity contribution in [2.45, 2.75) is 26.3 Å². The van der Waals surface area contributed by atoms with Gasteiger partial charge in [0, 0.05) is 23.9 Å². The van der Waals surface area contributed by atoms with Crippen LogP contribution in [0.2, 0.25) is 0 Å². The average molecular weight is 367 g/mol. The quantitative estimate of drug-likeness (QED) is 0.477. The van der Waals surface area contributed by atoms with Crippen LogP contribution in [0, 0.1) is 18.6 Å². The summed E-state index contributed by atoms with van der Waals surface area (Å²) in [5.74, 6) is -1.13. The van der Waals surface area contributed by atoms with Gasteiger partial charge >= 0.3 is 0 Å². The lowest BCUT2D eigenvalue weighted by Gasteiger charge is -2.06. The summed E-state index contributed by atoms with van der Waals surface area (Å²) in [5.41, 5.74) is 4.19. The second-order valence-electron chi connectivity index (χ2n) is 6.56. The van der Waals surface area contributed by atoms with E-state index in [2.05, 4.69) is 5.10 Å². The zero-order valence-electron chi connectivity index (χ0n) is 14.1. The summed E-state index contributed by atoms with van der Waals surface area (Å²) in [5, 5.41) is 5.50. The lowest BCUT2D eigenvalue weighted by atomic mass is 10.0. The lowest BCUT2D eigenvalue weighted by molar-refractivity contribution is 0.578. The largest absolute Gasteiger partial charge is 0.268 e. The Morgan fingerprint density at radius 1 is 1.12 bits per heavy atom. The Bertz CT molecular complexity index is 1130. The molecule has 0 saturated heterocycles. The van der Waals surface area contributed by atoms with E-state index in [1.807, 2.05) is 28.9 Å². The molecule has 2 aromatic heterocycles. The number of halogens is 2. The minimum absolute atomic E-state index is 0.333. The molecule has 3 nitrogen and oxygen atoms in total. The number of hydrogen-bond donors (Lipinski definition) is 0. The molecule has 0 unspecified atom stereocenters. The van der Waals surface area contributed by atoms with Crippen molar-refractivity contribution in [2.75, 3.05) is 0 Å². The normalized spacial score (nSPS) is 13.5. The summed E-state index contributed by atoms with van der Waals surface area (Å²) in [6.45, 7) is 2.45. The van der Waals surface area contributed by atoms with Gasteiger partial charge in [-0.2, -0.15) is 5.10 Å². The molecule has 5 rings (SSSR count). The zero-order chi connectivity index (χ0) is 17.8. The van der Waals surface area contributed by atoms with Gasteiger partial charge in [0.25, 0.3) is 0 Å². The van der Waals surface area contributed by atoms with E-state index in [0.29, 0.717) is 16.8 Å². The minimum Gasteiger partial charge on any atom is -0.268 e. The molecule has 0 bridgehead atoms. The molecular formula is C20H15F2N3S. The first-order valence-corrected chi connectivity index (χ1v) is 9.35. The van der Waals surface area contributed by atoms with E-state index in [0.717, 1.165) is 51.9 Å². The number of thiazole rings is 1. The van der Waals surface area contributed by atoms with Gasteiger partial charge in [0.15, 0.2) is 0 Å². The fraction of sp³-hybridized carbons (Fsp3) is 0.200. The van der Waals surface area contributed by atoms with Crippen LogP contribution in [0.15, 0.2) is 36.4 Å². The summed E-state index contributed by atoms with van der Waals surface area (Å²) in [4.78, 5) is 4.76. The highest BCUT2D eigenvalue weighted by Gasteiger charge is 2.27. The van der Waals surface area contributed by atoms with Crippen LogP contribution in [-0.4, -0.2) is 14.8 Å². The molecule has 0 amide bonds. The molecule has 2 aromatic carbocycles. The number of para-hydroxylation sites is 1. The second kappa shape index (κ2) is 5.71. The fourth-order valence-electron chi connectivity index (χ4n) is 3.56. The Labute approximate surface area is 152 Å². The van der Waals surface area contributed by atoms with Gasteiger partial charge in [-0.05, 0) is 43.5 Å². The molecule has 0 spiro atoms. The lowest BCUT2D eigenvalue weighted by Crippen LogP contribution is -1.96.